The molecule has 0 unspecified atom stereocenters. The number of hydrogen-bond acceptors (Lipinski definition) is 5. The quantitative estimate of drug-likeness (QED) is 0.444. The topological polar surface area (TPSA) is 69.0 Å². The Morgan fingerprint density at radius 1 is 1.17 bits per heavy atom. The van der Waals surface area contributed by atoms with Gasteiger partial charge in [-0.15, -0.1) is 0 Å². The van der Waals surface area contributed by atoms with Crippen LogP contribution in [0.4, 0.5) is 5.82 Å². The van der Waals surface area contributed by atoms with Crippen molar-refractivity contribution in [1.29, 1.82) is 0 Å². The van der Waals surface area contributed by atoms with Crippen LogP contribution in [0.3, 0.4) is 0 Å². The zero-order valence-corrected chi connectivity index (χ0v) is 17.9. The number of rotatable bonds is 5. The molecule has 4 rings (SSSR count). The Morgan fingerprint density at radius 2 is 1.93 bits per heavy atom. The van der Waals surface area contributed by atoms with Crippen LogP contribution in [0.5, 0.6) is 5.75 Å². The lowest BCUT2D eigenvalue weighted by Gasteiger charge is -2.08. The van der Waals surface area contributed by atoms with Crippen LogP contribution >= 0.6 is 34.5 Å². The standard InChI is InChI=1S/C20H16Cl2N4O2S/c1-11-3-8-15(22)19-18(11)24-20(29-19)26-16(9-12(2)25-26)23-17(27)10-28-14-6-4-13(21)5-7-14/h3-9H,10H2,1-2H3,(H,23,27). The monoisotopic (exact) mass is 446 g/mol. The van der Waals surface area contributed by atoms with Crippen LogP contribution in [0, 0.1) is 13.8 Å². The van der Waals surface area contributed by atoms with Crippen LogP contribution < -0.4 is 10.1 Å². The van der Waals surface area contributed by atoms with E-state index in [0.29, 0.717) is 26.7 Å². The van der Waals surface area contributed by atoms with Gasteiger partial charge in [0, 0.05) is 11.1 Å². The van der Waals surface area contributed by atoms with Crippen molar-refractivity contribution in [1.82, 2.24) is 14.8 Å². The van der Waals surface area contributed by atoms with Gasteiger partial charge < -0.3 is 10.1 Å². The smallest absolute Gasteiger partial charge is 0.263 e. The number of carbonyl (C=O) groups excluding carboxylic acids is 1. The Labute approximate surface area is 181 Å². The summed E-state index contributed by atoms with van der Waals surface area (Å²) in [5.41, 5.74) is 2.60. The molecule has 0 atom stereocenters. The molecular formula is C20H16Cl2N4O2S. The summed E-state index contributed by atoms with van der Waals surface area (Å²) in [6.45, 7) is 3.69. The number of nitrogens with one attached hydrogen (secondary N) is 1. The van der Waals surface area contributed by atoms with Gasteiger partial charge in [-0.2, -0.15) is 9.78 Å². The van der Waals surface area contributed by atoms with Gasteiger partial charge in [-0.05, 0) is 49.7 Å². The second-order valence-corrected chi connectivity index (χ2v) is 8.23. The van der Waals surface area contributed by atoms with Crippen LogP contribution in [-0.4, -0.2) is 27.3 Å². The van der Waals surface area contributed by atoms with E-state index in [2.05, 4.69) is 15.4 Å². The average molecular weight is 447 g/mol. The molecule has 0 aliphatic carbocycles. The fourth-order valence-corrected chi connectivity index (χ4v) is 4.18. The Kier molecular flexibility index (Phi) is 5.45. The number of anilines is 1. The van der Waals surface area contributed by atoms with Gasteiger partial charge in [-0.1, -0.05) is 40.6 Å². The van der Waals surface area contributed by atoms with Crippen LogP contribution in [0.25, 0.3) is 15.3 Å². The van der Waals surface area contributed by atoms with Gasteiger partial charge in [0.05, 0.1) is 20.9 Å². The first-order chi connectivity index (χ1) is 13.9. The molecule has 148 valence electrons. The molecular weight excluding hydrogens is 431 g/mol. The highest BCUT2D eigenvalue weighted by atomic mass is 35.5. The first kappa shape index (κ1) is 19.7. The number of aromatic nitrogens is 3. The maximum absolute atomic E-state index is 12.4. The predicted octanol–water partition coefficient (Wildman–Crippen LogP) is 5.42. The maximum atomic E-state index is 12.4. The lowest BCUT2D eigenvalue weighted by atomic mass is 10.2. The van der Waals surface area contributed by atoms with Crippen LogP contribution in [0.15, 0.2) is 42.5 Å². The van der Waals surface area contributed by atoms with Gasteiger partial charge in [0.15, 0.2) is 6.61 Å². The minimum absolute atomic E-state index is 0.142. The van der Waals surface area contributed by atoms with Gasteiger partial charge in [0.1, 0.15) is 11.6 Å². The summed E-state index contributed by atoms with van der Waals surface area (Å²) >= 11 is 13.6. The van der Waals surface area contributed by atoms with Crippen molar-refractivity contribution in [2.75, 3.05) is 11.9 Å². The zero-order chi connectivity index (χ0) is 20.5. The number of thiazole rings is 1. The van der Waals surface area contributed by atoms with Crippen molar-refractivity contribution in [3.63, 3.8) is 0 Å². The Hall–Kier alpha value is -2.61. The van der Waals surface area contributed by atoms with E-state index in [-0.39, 0.29) is 12.5 Å². The van der Waals surface area contributed by atoms with Gasteiger partial charge in [0.2, 0.25) is 5.13 Å². The number of carbonyl (C=O) groups is 1. The number of amides is 1. The molecule has 0 saturated carbocycles. The van der Waals surface area contributed by atoms with E-state index in [4.69, 9.17) is 27.9 Å². The van der Waals surface area contributed by atoms with Gasteiger partial charge in [-0.3, -0.25) is 4.79 Å². The minimum Gasteiger partial charge on any atom is -0.484 e. The highest BCUT2D eigenvalue weighted by Crippen LogP contribution is 2.34. The Bertz CT molecular complexity index is 1160. The summed E-state index contributed by atoms with van der Waals surface area (Å²) in [5, 5.41) is 9.16. The largest absolute Gasteiger partial charge is 0.484 e. The first-order valence-electron chi connectivity index (χ1n) is 8.71. The van der Waals surface area contributed by atoms with Crippen molar-refractivity contribution in [2.45, 2.75) is 13.8 Å². The number of fused-ring (bicyclic) bond motifs is 1. The van der Waals surface area contributed by atoms with E-state index in [1.165, 1.54) is 11.3 Å². The molecule has 0 bridgehead atoms. The van der Waals surface area contributed by atoms with E-state index in [1.807, 2.05) is 26.0 Å². The van der Waals surface area contributed by atoms with Crippen LogP contribution in [0.1, 0.15) is 11.3 Å². The second kappa shape index (κ2) is 8.02. The average Bonchev–Trinajstić information content (AvgIpc) is 3.29. The van der Waals surface area contributed by atoms with Crippen molar-refractivity contribution < 1.29 is 9.53 Å². The molecule has 2 heterocycles. The number of benzene rings is 2. The molecule has 0 saturated heterocycles. The van der Waals surface area contributed by atoms with Gasteiger partial charge in [-0.25, -0.2) is 4.98 Å². The molecule has 4 aromatic rings. The maximum Gasteiger partial charge on any atom is 0.263 e. The number of aryl methyl sites for hydroxylation is 2. The molecule has 2 aromatic heterocycles. The normalized spacial score (nSPS) is 11.0. The number of ether oxygens (including phenoxy) is 1. The number of hydrogen-bond donors (Lipinski definition) is 1. The predicted molar refractivity (Wildman–Crippen MR) is 117 cm³/mol. The summed E-state index contributed by atoms with van der Waals surface area (Å²) in [7, 11) is 0. The third kappa shape index (κ3) is 4.22. The lowest BCUT2D eigenvalue weighted by Crippen LogP contribution is -2.21. The molecule has 0 spiro atoms. The van der Waals surface area contributed by atoms with E-state index in [1.54, 1.807) is 35.0 Å². The molecule has 0 aliphatic rings. The summed E-state index contributed by atoms with van der Waals surface area (Å²) in [4.78, 5) is 17.1. The lowest BCUT2D eigenvalue weighted by molar-refractivity contribution is -0.118. The zero-order valence-electron chi connectivity index (χ0n) is 15.6. The van der Waals surface area contributed by atoms with Crippen LogP contribution in [-0.2, 0) is 4.79 Å². The molecule has 9 heteroatoms. The molecule has 0 radical (unpaired) electrons. The highest BCUT2D eigenvalue weighted by Gasteiger charge is 2.16. The Balaban J connectivity index is 1.55. The fraction of sp³-hybridized carbons (Fsp3) is 0.150. The molecule has 1 amide bonds. The van der Waals surface area contributed by atoms with Crippen molar-refractivity contribution in [2.24, 2.45) is 0 Å². The molecule has 0 aliphatic heterocycles. The highest BCUT2D eigenvalue weighted by molar-refractivity contribution is 7.21. The van der Waals surface area contributed by atoms with E-state index in [0.717, 1.165) is 21.5 Å². The summed E-state index contributed by atoms with van der Waals surface area (Å²) < 4.78 is 7.99. The fourth-order valence-electron chi connectivity index (χ4n) is 2.77. The number of nitrogens with zero attached hydrogens (tertiary/aromatic N) is 3. The number of halogens is 2. The molecule has 2 aromatic carbocycles. The second-order valence-electron chi connectivity index (χ2n) is 6.41. The minimum atomic E-state index is -0.309. The molecule has 1 N–H and O–H groups in total. The SMILES string of the molecule is Cc1cc(NC(=O)COc2ccc(Cl)cc2)n(-c2nc3c(C)ccc(Cl)c3s2)n1. The van der Waals surface area contributed by atoms with E-state index in [9.17, 15) is 4.79 Å². The summed E-state index contributed by atoms with van der Waals surface area (Å²) in [6, 6.07) is 12.4. The molecule has 29 heavy (non-hydrogen) atoms. The van der Waals surface area contributed by atoms with E-state index >= 15 is 0 Å². The first-order valence-corrected chi connectivity index (χ1v) is 10.3. The van der Waals surface area contributed by atoms with Crippen molar-refractivity contribution >= 4 is 56.5 Å². The van der Waals surface area contributed by atoms with Crippen LogP contribution in [0.2, 0.25) is 10.0 Å². The molecule has 6 nitrogen and oxygen atoms in total. The van der Waals surface area contributed by atoms with Crippen molar-refractivity contribution in [3.8, 4) is 10.9 Å². The van der Waals surface area contributed by atoms with E-state index < -0.39 is 0 Å². The van der Waals surface area contributed by atoms with Gasteiger partial charge in [0.25, 0.3) is 5.91 Å². The third-order valence-corrected chi connectivity index (χ3v) is 5.89. The molecule has 0 fully saturated rings. The summed E-state index contributed by atoms with van der Waals surface area (Å²) in [5.74, 6) is 0.766. The van der Waals surface area contributed by atoms with Crippen molar-refractivity contribution in [3.05, 3.63) is 63.8 Å². The third-order valence-electron chi connectivity index (χ3n) is 4.15. The van der Waals surface area contributed by atoms with Gasteiger partial charge >= 0.3 is 0 Å². The summed E-state index contributed by atoms with van der Waals surface area (Å²) in [6.07, 6.45) is 0. The Morgan fingerprint density at radius 3 is 2.66 bits per heavy atom.